The summed E-state index contributed by atoms with van der Waals surface area (Å²) in [5.74, 6) is 0.299. The minimum Gasteiger partial charge on any atom is -0.396 e. The van der Waals surface area contributed by atoms with E-state index in [4.69, 9.17) is 5.11 Å². The molecule has 0 bridgehead atoms. The molecule has 0 aliphatic heterocycles. The van der Waals surface area contributed by atoms with Crippen molar-refractivity contribution in [3.8, 4) is 0 Å². The summed E-state index contributed by atoms with van der Waals surface area (Å²) in [7, 11) is 0. The fraction of sp³-hybridized carbons (Fsp3) is 0.933. The first-order valence-corrected chi connectivity index (χ1v) is 7.27. The van der Waals surface area contributed by atoms with Crippen LogP contribution in [0.25, 0.3) is 0 Å². The third kappa shape index (κ3) is 3.71. The minimum absolute atomic E-state index is 0.107. The number of aliphatic hydroxyl groups is 1. The Labute approximate surface area is 111 Å². The van der Waals surface area contributed by atoms with Crippen molar-refractivity contribution in [1.82, 2.24) is 5.32 Å². The van der Waals surface area contributed by atoms with Crippen LogP contribution in [0.4, 0.5) is 0 Å². The Bertz CT molecular complexity index is 288. The molecule has 1 aliphatic rings. The molecule has 0 saturated heterocycles. The first-order chi connectivity index (χ1) is 8.34. The number of nitrogens with one attached hydrogen (secondary N) is 1. The zero-order valence-corrected chi connectivity index (χ0v) is 12.4. The second kappa shape index (κ2) is 6.05. The number of hydrogen-bond acceptors (Lipinski definition) is 2. The number of carbonyl (C=O) groups is 1. The van der Waals surface area contributed by atoms with E-state index in [0.717, 1.165) is 25.7 Å². The van der Waals surface area contributed by atoms with Gasteiger partial charge in [-0.05, 0) is 38.0 Å². The normalized spacial score (nSPS) is 26.4. The molecular formula is C15H29NO2. The molecule has 0 spiro atoms. The zero-order valence-electron chi connectivity index (χ0n) is 12.4. The summed E-state index contributed by atoms with van der Waals surface area (Å²) >= 11 is 0. The van der Waals surface area contributed by atoms with Gasteiger partial charge in [-0.15, -0.1) is 0 Å². The van der Waals surface area contributed by atoms with Gasteiger partial charge in [0.2, 0.25) is 5.91 Å². The third-order valence-corrected chi connectivity index (χ3v) is 4.69. The van der Waals surface area contributed by atoms with Crippen LogP contribution in [0.15, 0.2) is 0 Å². The van der Waals surface area contributed by atoms with E-state index in [9.17, 15) is 4.79 Å². The Balaban J connectivity index is 2.68. The molecule has 3 heteroatoms. The average molecular weight is 255 g/mol. The monoisotopic (exact) mass is 255 g/mol. The van der Waals surface area contributed by atoms with Crippen molar-refractivity contribution < 1.29 is 9.90 Å². The van der Waals surface area contributed by atoms with Crippen LogP contribution >= 0.6 is 0 Å². The van der Waals surface area contributed by atoms with Crippen LogP contribution in [0, 0.1) is 11.3 Å². The molecule has 0 aromatic rings. The van der Waals surface area contributed by atoms with E-state index in [1.165, 1.54) is 6.42 Å². The first-order valence-electron chi connectivity index (χ1n) is 7.27. The van der Waals surface area contributed by atoms with Crippen LogP contribution in [0.1, 0.15) is 66.2 Å². The highest BCUT2D eigenvalue weighted by Gasteiger charge is 2.39. The molecule has 0 aromatic heterocycles. The van der Waals surface area contributed by atoms with Gasteiger partial charge >= 0.3 is 0 Å². The van der Waals surface area contributed by atoms with Crippen molar-refractivity contribution >= 4 is 5.91 Å². The lowest BCUT2D eigenvalue weighted by atomic mass is 9.68. The maximum Gasteiger partial charge on any atom is 0.224 e. The van der Waals surface area contributed by atoms with Crippen LogP contribution in [-0.4, -0.2) is 23.2 Å². The van der Waals surface area contributed by atoms with Crippen LogP contribution in [0.3, 0.4) is 0 Å². The van der Waals surface area contributed by atoms with Gasteiger partial charge in [0.1, 0.15) is 0 Å². The summed E-state index contributed by atoms with van der Waals surface area (Å²) in [4.78, 5) is 12.5. The summed E-state index contributed by atoms with van der Waals surface area (Å²) in [5, 5.41) is 12.3. The quantitative estimate of drug-likeness (QED) is 0.793. The van der Waals surface area contributed by atoms with Crippen molar-refractivity contribution in [2.45, 2.75) is 71.8 Å². The smallest absolute Gasteiger partial charge is 0.224 e. The highest BCUT2D eigenvalue weighted by Crippen LogP contribution is 2.40. The van der Waals surface area contributed by atoms with Gasteiger partial charge in [-0.3, -0.25) is 4.79 Å². The SMILES string of the molecule is CCC(C)(CCO)NC(=O)C1CCCCC1(C)C. The Morgan fingerprint density at radius 3 is 2.61 bits per heavy atom. The molecule has 1 amide bonds. The van der Waals surface area contributed by atoms with Gasteiger partial charge in [0.25, 0.3) is 0 Å². The Morgan fingerprint density at radius 1 is 1.44 bits per heavy atom. The number of amides is 1. The molecule has 0 aromatic carbocycles. The van der Waals surface area contributed by atoms with Crippen LogP contribution in [0.5, 0.6) is 0 Å². The molecule has 1 aliphatic carbocycles. The summed E-state index contributed by atoms with van der Waals surface area (Å²) in [5.41, 5.74) is -0.157. The number of carbonyl (C=O) groups excluding carboxylic acids is 1. The summed E-state index contributed by atoms with van der Waals surface area (Å²) < 4.78 is 0. The van der Waals surface area contributed by atoms with Gasteiger partial charge in [-0.1, -0.05) is 33.6 Å². The average Bonchev–Trinajstić information content (AvgIpc) is 2.28. The molecular weight excluding hydrogens is 226 g/mol. The molecule has 0 radical (unpaired) electrons. The maximum atomic E-state index is 12.5. The molecule has 18 heavy (non-hydrogen) atoms. The van der Waals surface area contributed by atoms with E-state index in [1.54, 1.807) is 0 Å². The van der Waals surface area contributed by atoms with E-state index >= 15 is 0 Å². The maximum absolute atomic E-state index is 12.5. The summed E-state index contributed by atoms with van der Waals surface area (Å²) in [6, 6.07) is 0. The van der Waals surface area contributed by atoms with Gasteiger partial charge in [0, 0.05) is 18.1 Å². The molecule has 1 saturated carbocycles. The Morgan fingerprint density at radius 2 is 2.11 bits per heavy atom. The molecule has 2 atom stereocenters. The standard InChI is InChI=1S/C15H29NO2/c1-5-15(4,10-11-17)16-13(18)12-8-6-7-9-14(12,2)3/h12,17H,5-11H2,1-4H3,(H,16,18). The molecule has 2 N–H and O–H groups in total. The number of hydrogen-bond donors (Lipinski definition) is 2. The Kier molecular flexibility index (Phi) is 5.20. The predicted octanol–water partition coefficient (Wildman–Crippen LogP) is 2.87. The lowest BCUT2D eigenvalue weighted by molar-refractivity contribution is -0.132. The van der Waals surface area contributed by atoms with Gasteiger partial charge in [0.05, 0.1) is 0 Å². The van der Waals surface area contributed by atoms with Crippen LogP contribution in [0.2, 0.25) is 0 Å². The van der Waals surface area contributed by atoms with Gasteiger partial charge < -0.3 is 10.4 Å². The van der Waals surface area contributed by atoms with Gasteiger partial charge in [-0.25, -0.2) is 0 Å². The predicted molar refractivity (Wildman–Crippen MR) is 74.3 cm³/mol. The van der Waals surface area contributed by atoms with Gasteiger partial charge in [-0.2, -0.15) is 0 Å². The topological polar surface area (TPSA) is 49.3 Å². The summed E-state index contributed by atoms with van der Waals surface area (Å²) in [6.45, 7) is 8.61. The van der Waals surface area contributed by atoms with E-state index in [-0.39, 0.29) is 29.4 Å². The molecule has 0 heterocycles. The summed E-state index contributed by atoms with van der Waals surface area (Å²) in [6.07, 6.45) is 6.00. The van der Waals surface area contributed by atoms with Crippen molar-refractivity contribution in [3.05, 3.63) is 0 Å². The molecule has 3 nitrogen and oxygen atoms in total. The van der Waals surface area contributed by atoms with E-state index in [0.29, 0.717) is 6.42 Å². The second-order valence-electron chi connectivity index (χ2n) is 6.66. The van der Waals surface area contributed by atoms with E-state index in [2.05, 4.69) is 26.1 Å². The minimum atomic E-state index is -0.265. The molecule has 106 valence electrons. The Hall–Kier alpha value is -0.570. The second-order valence-corrected chi connectivity index (χ2v) is 6.66. The number of rotatable bonds is 5. The van der Waals surface area contributed by atoms with Crippen molar-refractivity contribution in [2.24, 2.45) is 11.3 Å². The van der Waals surface area contributed by atoms with Crippen molar-refractivity contribution in [1.29, 1.82) is 0 Å². The lowest BCUT2D eigenvalue weighted by Crippen LogP contribution is -2.51. The fourth-order valence-corrected chi connectivity index (χ4v) is 2.94. The molecule has 2 unspecified atom stereocenters. The van der Waals surface area contributed by atoms with Crippen LogP contribution < -0.4 is 5.32 Å². The molecule has 1 fully saturated rings. The zero-order chi connectivity index (χ0) is 13.8. The van der Waals surface area contributed by atoms with Gasteiger partial charge in [0.15, 0.2) is 0 Å². The van der Waals surface area contributed by atoms with Crippen LogP contribution in [-0.2, 0) is 4.79 Å². The highest BCUT2D eigenvalue weighted by molar-refractivity contribution is 5.80. The third-order valence-electron chi connectivity index (χ3n) is 4.69. The fourth-order valence-electron chi connectivity index (χ4n) is 2.94. The lowest BCUT2D eigenvalue weighted by Gasteiger charge is -2.40. The van der Waals surface area contributed by atoms with Crippen molar-refractivity contribution in [3.63, 3.8) is 0 Å². The largest absolute Gasteiger partial charge is 0.396 e. The highest BCUT2D eigenvalue weighted by atomic mass is 16.3. The molecule has 1 rings (SSSR count). The first kappa shape index (κ1) is 15.5. The van der Waals surface area contributed by atoms with E-state index in [1.807, 2.05) is 6.92 Å². The number of aliphatic hydroxyl groups excluding tert-OH is 1. The van der Waals surface area contributed by atoms with E-state index < -0.39 is 0 Å². The van der Waals surface area contributed by atoms with Crippen molar-refractivity contribution in [2.75, 3.05) is 6.61 Å².